The molecule has 0 fully saturated rings. The normalized spacial score (nSPS) is 13.2. The average Bonchev–Trinajstić information content (AvgIpc) is 2.09. The highest BCUT2D eigenvalue weighted by molar-refractivity contribution is 4.71. The van der Waals surface area contributed by atoms with Gasteiger partial charge in [0.15, 0.2) is 0 Å². The number of halogens is 3. The van der Waals surface area contributed by atoms with Crippen molar-refractivity contribution in [3.05, 3.63) is 0 Å². The van der Waals surface area contributed by atoms with Crippen LogP contribution in [0.4, 0.5) is 13.2 Å². The van der Waals surface area contributed by atoms with E-state index in [1.807, 2.05) is 13.8 Å². The first-order chi connectivity index (χ1) is 6.77. The van der Waals surface area contributed by atoms with Crippen molar-refractivity contribution in [1.29, 1.82) is 0 Å². The van der Waals surface area contributed by atoms with E-state index >= 15 is 0 Å². The van der Waals surface area contributed by atoms with E-state index in [1.54, 1.807) is 0 Å². The van der Waals surface area contributed by atoms with Crippen LogP contribution in [0, 0.1) is 5.41 Å². The number of unbranched alkanes of at least 4 members (excludes halogenated alkanes) is 1. The lowest BCUT2D eigenvalue weighted by molar-refractivity contribution is -0.135. The number of hydrogen-bond donors (Lipinski definition) is 2. The van der Waals surface area contributed by atoms with Crippen LogP contribution in [-0.2, 0) is 0 Å². The molecule has 92 valence electrons. The molecule has 2 nitrogen and oxygen atoms in total. The minimum absolute atomic E-state index is 0.0179. The SMILES string of the molecule is CC(C)(CN)CNCCCCC(F)(F)F. The first-order valence-corrected chi connectivity index (χ1v) is 5.24. The summed E-state index contributed by atoms with van der Waals surface area (Å²) in [6.45, 7) is 5.99. The van der Waals surface area contributed by atoms with Crippen molar-refractivity contribution >= 4 is 0 Å². The quantitative estimate of drug-likeness (QED) is 0.654. The van der Waals surface area contributed by atoms with Gasteiger partial charge in [0.1, 0.15) is 0 Å². The van der Waals surface area contributed by atoms with E-state index in [-0.39, 0.29) is 11.8 Å². The third-order valence-electron chi connectivity index (χ3n) is 2.22. The van der Waals surface area contributed by atoms with Gasteiger partial charge in [0.05, 0.1) is 0 Å². The van der Waals surface area contributed by atoms with Gasteiger partial charge in [-0.25, -0.2) is 0 Å². The van der Waals surface area contributed by atoms with Gasteiger partial charge in [0, 0.05) is 13.0 Å². The molecule has 0 unspecified atom stereocenters. The summed E-state index contributed by atoms with van der Waals surface area (Å²) >= 11 is 0. The van der Waals surface area contributed by atoms with Crippen LogP contribution in [0.5, 0.6) is 0 Å². The highest BCUT2D eigenvalue weighted by Gasteiger charge is 2.25. The predicted molar refractivity (Wildman–Crippen MR) is 55.6 cm³/mol. The molecule has 0 bridgehead atoms. The van der Waals surface area contributed by atoms with Gasteiger partial charge in [-0.15, -0.1) is 0 Å². The third kappa shape index (κ3) is 10.0. The van der Waals surface area contributed by atoms with Crippen LogP contribution in [0.15, 0.2) is 0 Å². The highest BCUT2D eigenvalue weighted by Crippen LogP contribution is 2.21. The molecule has 0 aromatic rings. The lowest BCUT2D eigenvalue weighted by Crippen LogP contribution is -2.35. The summed E-state index contributed by atoms with van der Waals surface area (Å²) in [4.78, 5) is 0. The van der Waals surface area contributed by atoms with Crippen molar-refractivity contribution < 1.29 is 13.2 Å². The maximum atomic E-state index is 11.8. The Bertz CT molecular complexity index is 167. The first-order valence-electron chi connectivity index (χ1n) is 5.24. The minimum Gasteiger partial charge on any atom is -0.330 e. The Labute approximate surface area is 89.4 Å². The predicted octanol–water partition coefficient (Wildman–Crippen LogP) is 2.29. The topological polar surface area (TPSA) is 38.0 Å². The summed E-state index contributed by atoms with van der Waals surface area (Å²) in [6.07, 6.45) is -3.95. The molecular weight excluding hydrogens is 205 g/mol. The molecular formula is C10H21F3N2. The standard InChI is InChI=1S/C10H21F3N2/c1-9(2,7-14)8-15-6-4-3-5-10(11,12)13/h15H,3-8,14H2,1-2H3. The highest BCUT2D eigenvalue weighted by atomic mass is 19.4. The molecule has 0 radical (unpaired) electrons. The molecule has 0 saturated heterocycles. The number of hydrogen-bond acceptors (Lipinski definition) is 2. The Hall–Kier alpha value is -0.290. The van der Waals surface area contributed by atoms with Gasteiger partial charge >= 0.3 is 6.18 Å². The third-order valence-corrected chi connectivity index (χ3v) is 2.22. The molecule has 0 rings (SSSR count). The molecule has 0 aliphatic carbocycles. The van der Waals surface area contributed by atoms with Gasteiger partial charge in [-0.3, -0.25) is 0 Å². The van der Waals surface area contributed by atoms with Gasteiger partial charge in [-0.1, -0.05) is 13.8 Å². The molecule has 0 amide bonds. The zero-order valence-corrected chi connectivity index (χ0v) is 9.45. The number of rotatable bonds is 7. The van der Waals surface area contributed by atoms with E-state index in [1.165, 1.54) is 0 Å². The smallest absolute Gasteiger partial charge is 0.330 e. The van der Waals surface area contributed by atoms with Gasteiger partial charge in [0.2, 0.25) is 0 Å². The monoisotopic (exact) mass is 226 g/mol. The number of alkyl halides is 3. The number of nitrogens with two attached hydrogens (primary N) is 1. The maximum absolute atomic E-state index is 11.8. The molecule has 5 heteroatoms. The van der Waals surface area contributed by atoms with Crippen molar-refractivity contribution in [2.45, 2.75) is 39.3 Å². The Morgan fingerprint density at radius 2 is 1.73 bits per heavy atom. The molecule has 0 aromatic heterocycles. The number of nitrogens with one attached hydrogen (secondary N) is 1. The van der Waals surface area contributed by atoms with E-state index in [2.05, 4.69) is 5.32 Å². The van der Waals surface area contributed by atoms with E-state index in [0.29, 0.717) is 19.5 Å². The molecule has 15 heavy (non-hydrogen) atoms. The molecule has 0 atom stereocenters. The minimum atomic E-state index is -4.02. The van der Waals surface area contributed by atoms with Crippen molar-refractivity contribution in [2.24, 2.45) is 11.1 Å². The molecule has 3 N–H and O–H groups in total. The lowest BCUT2D eigenvalue weighted by atomic mass is 9.94. The van der Waals surface area contributed by atoms with Crippen LogP contribution in [-0.4, -0.2) is 25.8 Å². The Balaban J connectivity index is 3.33. The van der Waals surface area contributed by atoms with Crippen molar-refractivity contribution in [2.75, 3.05) is 19.6 Å². The molecule has 0 aromatic carbocycles. The van der Waals surface area contributed by atoms with E-state index in [9.17, 15) is 13.2 Å². The molecule has 0 spiro atoms. The maximum Gasteiger partial charge on any atom is 0.389 e. The Morgan fingerprint density at radius 1 is 1.13 bits per heavy atom. The van der Waals surface area contributed by atoms with E-state index in [0.717, 1.165) is 6.54 Å². The van der Waals surface area contributed by atoms with Crippen molar-refractivity contribution in [3.63, 3.8) is 0 Å². The summed E-state index contributed by atoms with van der Waals surface area (Å²) in [5, 5.41) is 3.12. The molecule has 0 saturated carbocycles. The second kappa shape index (κ2) is 6.33. The summed E-state index contributed by atoms with van der Waals surface area (Å²) in [6, 6.07) is 0. The van der Waals surface area contributed by atoms with Crippen LogP contribution >= 0.6 is 0 Å². The molecule has 0 aliphatic heterocycles. The fraction of sp³-hybridized carbons (Fsp3) is 1.00. The van der Waals surface area contributed by atoms with Gasteiger partial charge in [-0.2, -0.15) is 13.2 Å². The average molecular weight is 226 g/mol. The molecule has 0 aliphatic rings. The fourth-order valence-corrected chi connectivity index (χ4v) is 1.07. The van der Waals surface area contributed by atoms with Crippen molar-refractivity contribution in [3.8, 4) is 0 Å². The van der Waals surface area contributed by atoms with Gasteiger partial charge in [-0.05, 0) is 31.3 Å². The Kier molecular flexibility index (Phi) is 6.20. The van der Waals surface area contributed by atoms with E-state index < -0.39 is 12.6 Å². The van der Waals surface area contributed by atoms with E-state index in [4.69, 9.17) is 5.73 Å². The summed E-state index contributed by atoms with van der Waals surface area (Å²) < 4.78 is 35.3. The van der Waals surface area contributed by atoms with Crippen LogP contribution in [0.25, 0.3) is 0 Å². The summed E-state index contributed by atoms with van der Waals surface area (Å²) in [5.41, 5.74) is 5.53. The largest absolute Gasteiger partial charge is 0.389 e. The summed E-state index contributed by atoms with van der Waals surface area (Å²) in [5.74, 6) is 0. The fourth-order valence-electron chi connectivity index (χ4n) is 1.07. The van der Waals surface area contributed by atoms with Crippen LogP contribution in [0.2, 0.25) is 0 Å². The Morgan fingerprint density at radius 3 is 2.20 bits per heavy atom. The second-order valence-electron chi connectivity index (χ2n) is 4.62. The lowest BCUT2D eigenvalue weighted by Gasteiger charge is -2.22. The summed E-state index contributed by atoms with van der Waals surface area (Å²) in [7, 11) is 0. The van der Waals surface area contributed by atoms with Crippen LogP contribution in [0.1, 0.15) is 33.1 Å². The van der Waals surface area contributed by atoms with Crippen LogP contribution in [0.3, 0.4) is 0 Å². The van der Waals surface area contributed by atoms with Crippen LogP contribution < -0.4 is 11.1 Å². The van der Waals surface area contributed by atoms with Gasteiger partial charge in [0.25, 0.3) is 0 Å². The van der Waals surface area contributed by atoms with Crippen molar-refractivity contribution in [1.82, 2.24) is 5.32 Å². The first kappa shape index (κ1) is 14.7. The second-order valence-corrected chi connectivity index (χ2v) is 4.62. The zero-order chi connectivity index (χ0) is 11.9. The zero-order valence-electron chi connectivity index (χ0n) is 9.45. The molecule has 0 heterocycles. The van der Waals surface area contributed by atoms with Gasteiger partial charge < -0.3 is 11.1 Å².